The average molecular weight is 354 g/mol. The van der Waals surface area contributed by atoms with Crippen LogP contribution in [0, 0.1) is 0 Å². The van der Waals surface area contributed by atoms with E-state index in [9.17, 15) is 0 Å². The molecule has 1 N–H and O–H groups in total. The fraction of sp³-hybridized carbons (Fsp3) is 0.647. The van der Waals surface area contributed by atoms with Gasteiger partial charge in [-0.25, -0.2) is 0 Å². The summed E-state index contributed by atoms with van der Waals surface area (Å²) in [5.74, 6) is -0.252. The predicted molar refractivity (Wildman–Crippen MR) is 87.2 cm³/mol. The number of nitrogens with one attached hydrogen (secondary N) is 1. The lowest BCUT2D eigenvalue weighted by atomic mass is 9.89. The van der Waals surface area contributed by atoms with E-state index in [-0.39, 0.29) is 5.79 Å². The van der Waals surface area contributed by atoms with Crippen molar-refractivity contribution < 1.29 is 9.47 Å². The van der Waals surface area contributed by atoms with Gasteiger partial charge in [0.15, 0.2) is 5.79 Å². The van der Waals surface area contributed by atoms with Crippen molar-refractivity contribution in [1.82, 2.24) is 5.32 Å². The van der Waals surface area contributed by atoms with Gasteiger partial charge in [0.1, 0.15) is 0 Å². The first-order chi connectivity index (χ1) is 10.2. The molecular formula is C17H24BrNO2. The van der Waals surface area contributed by atoms with E-state index in [4.69, 9.17) is 9.47 Å². The lowest BCUT2D eigenvalue weighted by molar-refractivity contribution is -0.179. The summed E-state index contributed by atoms with van der Waals surface area (Å²) in [4.78, 5) is 0. The van der Waals surface area contributed by atoms with Crippen LogP contribution in [-0.2, 0) is 9.47 Å². The number of halogens is 1. The smallest absolute Gasteiger partial charge is 0.168 e. The molecule has 1 aliphatic heterocycles. The number of benzene rings is 1. The molecule has 21 heavy (non-hydrogen) atoms. The Balaban J connectivity index is 1.56. The van der Waals surface area contributed by atoms with Gasteiger partial charge in [-0.15, -0.1) is 0 Å². The second kappa shape index (κ2) is 6.78. The maximum atomic E-state index is 5.80. The molecule has 1 aromatic carbocycles. The highest BCUT2D eigenvalue weighted by Crippen LogP contribution is 2.36. The highest BCUT2D eigenvalue weighted by Gasteiger charge is 2.40. The molecular weight excluding hydrogens is 330 g/mol. The Morgan fingerprint density at radius 1 is 1.19 bits per heavy atom. The van der Waals surface area contributed by atoms with Gasteiger partial charge in [-0.05, 0) is 37.0 Å². The van der Waals surface area contributed by atoms with Crippen LogP contribution in [0.3, 0.4) is 0 Å². The Hall–Kier alpha value is -0.420. The Labute approximate surface area is 135 Å². The molecule has 116 valence electrons. The van der Waals surface area contributed by atoms with Crippen LogP contribution in [0.2, 0.25) is 0 Å². The zero-order valence-electron chi connectivity index (χ0n) is 12.6. The van der Waals surface area contributed by atoms with Gasteiger partial charge in [-0.3, -0.25) is 0 Å². The third-order valence-electron chi connectivity index (χ3n) is 4.68. The molecule has 1 unspecified atom stereocenters. The van der Waals surface area contributed by atoms with E-state index < -0.39 is 0 Å². The lowest BCUT2D eigenvalue weighted by Gasteiger charge is -2.37. The quantitative estimate of drug-likeness (QED) is 0.880. The normalized spacial score (nSPS) is 23.5. The summed E-state index contributed by atoms with van der Waals surface area (Å²) in [6.07, 6.45) is 5.40. The van der Waals surface area contributed by atoms with Crippen molar-refractivity contribution in [2.45, 2.75) is 56.9 Å². The number of hydrogen-bond acceptors (Lipinski definition) is 3. The van der Waals surface area contributed by atoms with E-state index >= 15 is 0 Å². The Bertz CT molecular complexity index is 446. The Morgan fingerprint density at radius 3 is 2.38 bits per heavy atom. The first-order valence-corrected chi connectivity index (χ1v) is 8.79. The van der Waals surface area contributed by atoms with E-state index in [1.54, 1.807) is 0 Å². The molecule has 1 spiro atoms. The van der Waals surface area contributed by atoms with E-state index in [1.807, 2.05) is 0 Å². The molecule has 0 bridgehead atoms. The molecule has 1 aliphatic carbocycles. The van der Waals surface area contributed by atoms with Crippen LogP contribution in [-0.4, -0.2) is 25.0 Å². The van der Waals surface area contributed by atoms with Crippen LogP contribution in [0.25, 0.3) is 0 Å². The van der Waals surface area contributed by atoms with E-state index in [2.05, 4.69) is 52.4 Å². The molecule has 1 saturated heterocycles. The Morgan fingerprint density at radius 2 is 1.81 bits per heavy atom. The fourth-order valence-corrected chi connectivity index (χ4v) is 3.70. The minimum Gasteiger partial charge on any atom is -0.348 e. The van der Waals surface area contributed by atoms with Crippen LogP contribution >= 0.6 is 15.9 Å². The fourth-order valence-electron chi connectivity index (χ4n) is 3.44. The maximum Gasteiger partial charge on any atom is 0.168 e. The van der Waals surface area contributed by atoms with Crippen molar-refractivity contribution in [3.63, 3.8) is 0 Å². The first kappa shape index (κ1) is 15.5. The van der Waals surface area contributed by atoms with Crippen molar-refractivity contribution in [2.24, 2.45) is 0 Å². The van der Waals surface area contributed by atoms with E-state index in [0.717, 1.165) is 49.8 Å². The van der Waals surface area contributed by atoms with Crippen LogP contribution in [0.4, 0.5) is 0 Å². The summed E-state index contributed by atoms with van der Waals surface area (Å²) in [6, 6.07) is 9.66. The van der Waals surface area contributed by atoms with Crippen molar-refractivity contribution in [3.05, 3.63) is 34.3 Å². The summed E-state index contributed by atoms with van der Waals surface area (Å²) in [5, 5.41) is 3.82. The first-order valence-electron chi connectivity index (χ1n) is 8.00. The van der Waals surface area contributed by atoms with Gasteiger partial charge in [-0.1, -0.05) is 35.0 Å². The lowest BCUT2D eigenvalue weighted by Crippen LogP contribution is -2.43. The standard InChI is InChI=1S/C17H24BrNO2/c1-2-16(13-3-5-14(18)6-4-13)19-15-7-9-17(10-8-15)20-11-12-21-17/h3-6,15-16,19H,2,7-12H2,1H3. The molecule has 0 aromatic heterocycles. The number of hydrogen-bond donors (Lipinski definition) is 1. The van der Waals surface area contributed by atoms with Crippen LogP contribution < -0.4 is 5.32 Å². The third kappa shape index (κ3) is 3.67. The molecule has 3 nitrogen and oxygen atoms in total. The van der Waals surface area contributed by atoms with Gasteiger partial charge >= 0.3 is 0 Å². The largest absolute Gasteiger partial charge is 0.348 e. The zero-order chi connectivity index (χ0) is 14.7. The van der Waals surface area contributed by atoms with Crippen LogP contribution in [0.1, 0.15) is 50.6 Å². The summed E-state index contributed by atoms with van der Waals surface area (Å²) in [5.41, 5.74) is 1.37. The zero-order valence-corrected chi connectivity index (χ0v) is 14.2. The monoisotopic (exact) mass is 353 g/mol. The molecule has 4 heteroatoms. The van der Waals surface area contributed by atoms with E-state index in [1.165, 1.54) is 5.56 Å². The summed E-state index contributed by atoms with van der Waals surface area (Å²) >= 11 is 3.50. The van der Waals surface area contributed by atoms with E-state index in [0.29, 0.717) is 12.1 Å². The molecule has 3 rings (SSSR count). The van der Waals surface area contributed by atoms with Gasteiger partial charge in [0.25, 0.3) is 0 Å². The molecule has 1 aromatic rings. The second-order valence-corrected chi connectivity index (χ2v) is 6.98. The van der Waals surface area contributed by atoms with Crippen LogP contribution in [0.15, 0.2) is 28.7 Å². The van der Waals surface area contributed by atoms with Gasteiger partial charge in [0.05, 0.1) is 13.2 Å². The van der Waals surface area contributed by atoms with Gasteiger partial charge < -0.3 is 14.8 Å². The number of ether oxygens (including phenoxy) is 2. The average Bonchev–Trinajstić information content (AvgIpc) is 2.96. The molecule has 0 amide bonds. The number of rotatable bonds is 4. The SMILES string of the molecule is CCC(NC1CCC2(CC1)OCCO2)c1ccc(Br)cc1. The minimum absolute atomic E-state index is 0.252. The van der Waals surface area contributed by atoms with Crippen LogP contribution in [0.5, 0.6) is 0 Å². The van der Waals surface area contributed by atoms with Gasteiger partial charge in [0.2, 0.25) is 0 Å². The topological polar surface area (TPSA) is 30.5 Å². The Kier molecular flexibility index (Phi) is 4.99. The molecule has 1 heterocycles. The van der Waals surface area contributed by atoms with Crippen molar-refractivity contribution in [2.75, 3.05) is 13.2 Å². The van der Waals surface area contributed by atoms with Gasteiger partial charge in [-0.2, -0.15) is 0 Å². The molecule has 2 aliphatic rings. The third-order valence-corrected chi connectivity index (χ3v) is 5.21. The summed E-state index contributed by atoms with van der Waals surface area (Å²) in [6.45, 7) is 3.76. The minimum atomic E-state index is -0.252. The molecule has 0 radical (unpaired) electrons. The predicted octanol–water partition coefficient (Wildman–Crippen LogP) is 4.18. The molecule has 2 fully saturated rings. The van der Waals surface area contributed by atoms with Crippen molar-refractivity contribution in [1.29, 1.82) is 0 Å². The van der Waals surface area contributed by atoms with Crippen molar-refractivity contribution in [3.8, 4) is 0 Å². The van der Waals surface area contributed by atoms with Crippen molar-refractivity contribution >= 4 is 15.9 Å². The van der Waals surface area contributed by atoms with Gasteiger partial charge in [0, 0.05) is 29.4 Å². The maximum absolute atomic E-state index is 5.80. The second-order valence-electron chi connectivity index (χ2n) is 6.06. The molecule has 1 saturated carbocycles. The highest BCUT2D eigenvalue weighted by molar-refractivity contribution is 9.10. The summed E-state index contributed by atoms with van der Waals surface area (Å²) in [7, 11) is 0. The summed E-state index contributed by atoms with van der Waals surface area (Å²) < 4.78 is 12.7. The highest BCUT2D eigenvalue weighted by atomic mass is 79.9. The molecule has 1 atom stereocenters.